The van der Waals surface area contributed by atoms with Crippen molar-refractivity contribution in [2.75, 3.05) is 13.3 Å². The first kappa shape index (κ1) is 17.1. The van der Waals surface area contributed by atoms with Gasteiger partial charge in [-0.3, -0.25) is 20.1 Å². The Bertz CT molecular complexity index is 790. The summed E-state index contributed by atoms with van der Waals surface area (Å²) in [5.74, 6) is -0.814. The SMILES string of the molecule is C=Nc1cc(SC)sc1C(=NC)Oc1ccc([N+](=O)[O-])cc1F. The van der Waals surface area contributed by atoms with Gasteiger partial charge < -0.3 is 4.74 Å². The van der Waals surface area contributed by atoms with Crippen molar-refractivity contribution in [1.29, 1.82) is 0 Å². The summed E-state index contributed by atoms with van der Waals surface area (Å²) in [7, 11) is 1.50. The van der Waals surface area contributed by atoms with Gasteiger partial charge in [0.15, 0.2) is 11.6 Å². The molecule has 0 aliphatic carbocycles. The zero-order valence-electron chi connectivity index (χ0n) is 12.3. The molecule has 0 aliphatic rings. The van der Waals surface area contributed by atoms with Crippen molar-refractivity contribution in [1.82, 2.24) is 0 Å². The predicted octanol–water partition coefficient (Wildman–Crippen LogP) is 4.30. The van der Waals surface area contributed by atoms with Crippen LogP contribution in [0.1, 0.15) is 4.88 Å². The van der Waals surface area contributed by atoms with E-state index in [0.717, 1.165) is 10.3 Å². The number of thiophene rings is 1. The van der Waals surface area contributed by atoms with Crippen molar-refractivity contribution in [2.45, 2.75) is 4.21 Å². The topological polar surface area (TPSA) is 77.1 Å². The maximum atomic E-state index is 14.0. The number of nitro benzene ring substituents is 1. The van der Waals surface area contributed by atoms with Crippen molar-refractivity contribution in [2.24, 2.45) is 9.98 Å². The first-order valence-corrected chi connectivity index (χ1v) is 8.27. The average Bonchev–Trinajstić information content (AvgIpc) is 2.96. The van der Waals surface area contributed by atoms with Gasteiger partial charge in [-0.2, -0.15) is 0 Å². The van der Waals surface area contributed by atoms with Crippen molar-refractivity contribution >= 4 is 47.1 Å². The van der Waals surface area contributed by atoms with Crippen LogP contribution in [-0.4, -0.2) is 30.8 Å². The fraction of sp³-hybridized carbons (Fsp3) is 0.143. The lowest BCUT2D eigenvalue weighted by molar-refractivity contribution is -0.385. The molecule has 0 bridgehead atoms. The van der Waals surface area contributed by atoms with Crippen LogP contribution in [-0.2, 0) is 0 Å². The molecule has 1 aromatic heterocycles. The smallest absolute Gasteiger partial charge is 0.272 e. The van der Waals surface area contributed by atoms with E-state index in [1.165, 1.54) is 42.3 Å². The van der Waals surface area contributed by atoms with E-state index in [9.17, 15) is 14.5 Å². The van der Waals surface area contributed by atoms with Crippen molar-refractivity contribution in [3.8, 4) is 5.75 Å². The van der Waals surface area contributed by atoms with Gasteiger partial charge in [-0.15, -0.1) is 23.1 Å². The highest BCUT2D eigenvalue weighted by Gasteiger charge is 2.18. The van der Waals surface area contributed by atoms with Crippen molar-refractivity contribution in [3.05, 3.63) is 45.1 Å². The molecule has 0 amide bonds. The summed E-state index contributed by atoms with van der Waals surface area (Å²) < 4.78 is 20.4. The van der Waals surface area contributed by atoms with E-state index in [-0.39, 0.29) is 17.3 Å². The Morgan fingerprint density at radius 1 is 1.48 bits per heavy atom. The highest BCUT2D eigenvalue weighted by Crippen LogP contribution is 2.36. The minimum absolute atomic E-state index is 0.148. The Kier molecular flexibility index (Phi) is 5.45. The van der Waals surface area contributed by atoms with Crippen LogP contribution in [0.5, 0.6) is 5.75 Å². The van der Waals surface area contributed by atoms with Crippen molar-refractivity contribution < 1.29 is 14.1 Å². The predicted molar refractivity (Wildman–Crippen MR) is 91.5 cm³/mol. The normalized spacial score (nSPS) is 11.3. The molecule has 0 N–H and O–H groups in total. The Hall–Kier alpha value is -2.26. The van der Waals surface area contributed by atoms with Crippen LogP contribution in [0.15, 0.2) is 38.5 Å². The number of aliphatic imine (C=N–C) groups is 2. The van der Waals surface area contributed by atoms with Gasteiger partial charge in [0.05, 0.1) is 20.9 Å². The maximum Gasteiger partial charge on any atom is 0.272 e. The van der Waals surface area contributed by atoms with Crippen LogP contribution in [0.4, 0.5) is 15.8 Å². The van der Waals surface area contributed by atoms with Crippen LogP contribution in [0.25, 0.3) is 0 Å². The van der Waals surface area contributed by atoms with Gasteiger partial charge in [-0.05, 0) is 25.1 Å². The molecule has 1 aromatic carbocycles. The molecule has 2 aromatic rings. The molecular formula is C14H12FN3O3S2. The van der Waals surface area contributed by atoms with Crippen LogP contribution in [0.3, 0.4) is 0 Å². The highest BCUT2D eigenvalue weighted by atomic mass is 32.2. The second-order valence-electron chi connectivity index (χ2n) is 4.14. The molecule has 0 aliphatic heterocycles. The number of nitro groups is 1. The van der Waals surface area contributed by atoms with E-state index in [1.807, 2.05) is 12.3 Å². The molecule has 0 fully saturated rings. The summed E-state index contributed by atoms with van der Waals surface area (Å²) in [6.07, 6.45) is 1.92. The molecule has 120 valence electrons. The number of benzene rings is 1. The van der Waals surface area contributed by atoms with E-state index < -0.39 is 10.7 Å². The summed E-state index contributed by atoms with van der Waals surface area (Å²) in [4.78, 5) is 18.5. The van der Waals surface area contributed by atoms with E-state index in [4.69, 9.17) is 4.74 Å². The fourth-order valence-electron chi connectivity index (χ4n) is 1.71. The average molecular weight is 353 g/mol. The minimum Gasteiger partial charge on any atom is -0.435 e. The molecule has 2 rings (SSSR count). The van der Waals surface area contributed by atoms with Crippen LogP contribution < -0.4 is 4.74 Å². The third kappa shape index (κ3) is 3.74. The number of halogens is 1. The Morgan fingerprint density at radius 3 is 2.74 bits per heavy atom. The Balaban J connectivity index is 2.36. The number of thioether (sulfide) groups is 1. The number of ether oxygens (including phenoxy) is 1. The number of non-ortho nitro benzene ring substituents is 1. The van der Waals surface area contributed by atoms with E-state index in [2.05, 4.69) is 16.7 Å². The molecular weight excluding hydrogens is 341 g/mol. The second kappa shape index (κ2) is 7.34. The quantitative estimate of drug-likeness (QED) is 0.264. The van der Waals surface area contributed by atoms with Crippen LogP contribution in [0.2, 0.25) is 0 Å². The van der Waals surface area contributed by atoms with Gasteiger partial charge in [0, 0.05) is 13.1 Å². The minimum atomic E-state index is -0.838. The number of nitrogens with zero attached hydrogens (tertiary/aromatic N) is 3. The van der Waals surface area contributed by atoms with Crippen molar-refractivity contribution in [3.63, 3.8) is 0 Å². The third-order valence-corrected chi connectivity index (χ3v) is 4.97. The van der Waals surface area contributed by atoms with E-state index in [1.54, 1.807) is 0 Å². The molecule has 0 spiro atoms. The number of hydrogen-bond acceptors (Lipinski definition) is 7. The Labute approximate surface area is 139 Å². The molecule has 0 saturated heterocycles. The lowest BCUT2D eigenvalue weighted by atomic mass is 10.3. The highest BCUT2D eigenvalue weighted by molar-refractivity contribution is 8.00. The van der Waals surface area contributed by atoms with Gasteiger partial charge >= 0.3 is 0 Å². The zero-order valence-corrected chi connectivity index (χ0v) is 13.9. The van der Waals surface area contributed by atoms with E-state index in [0.29, 0.717) is 10.6 Å². The molecule has 23 heavy (non-hydrogen) atoms. The third-order valence-electron chi connectivity index (χ3n) is 2.79. The maximum absolute atomic E-state index is 14.0. The lowest BCUT2D eigenvalue weighted by Crippen LogP contribution is -2.10. The van der Waals surface area contributed by atoms with Gasteiger partial charge in [0.1, 0.15) is 4.88 Å². The zero-order chi connectivity index (χ0) is 17.0. The monoisotopic (exact) mass is 353 g/mol. The summed E-state index contributed by atoms with van der Waals surface area (Å²) in [6, 6.07) is 5.00. The number of rotatable bonds is 5. The molecule has 0 radical (unpaired) electrons. The van der Waals surface area contributed by atoms with Gasteiger partial charge in [-0.1, -0.05) is 0 Å². The lowest BCUT2D eigenvalue weighted by Gasteiger charge is -2.08. The summed E-state index contributed by atoms with van der Waals surface area (Å²) in [6.45, 7) is 3.50. The first-order chi connectivity index (χ1) is 11.0. The molecule has 0 unspecified atom stereocenters. The van der Waals surface area contributed by atoms with Gasteiger partial charge in [0.2, 0.25) is 5.90 Å². The molecule has 0 atom stereocenters. The fourth-order valence-corrected chi connectivity index (χ4v) is 3.35. The standard InChI is InChI=1S/C14H12FN3O3S2/c1-16-10-7-12(22-3)23-13(10)14(17-2)21-11-5-4-8(18(19)20)6-9(11)15/h4-7H,1H2,2-3H3. The van der Waals surface area contributed by atoms with Gasteiger partial charge in [0.25, 0.3) is 5.69 Å². The van der Waals surface area contributed by atoms with Gasteiger partial charge in [-0.25, -0.2) is 4.39 Å². The first-order valence-electron chi connectivity index (χ1n) is 6.23. The summed E-state index contributed by atoms with van der Waals surface area (Å²) in [5, 5.41) is 10.6. The number of hydrogen-bond donors (Lipinski definition) is 0. The Morgan fingerprint density at radius 2 is 2.22 bits per heavy atom. The summed E-state index contributed by atoms with van der Waals surface area (Å²) in [5.41, 5.74) is 0.237. The molecule has 1 heterocycles. The molecule has 9 heteroatoms. The summed E-state index contributed by atoms with van der Waals surface area (Å²) >= 11 is 2.93. The van der Waals surface area contributed by atoms with Crippen LogP contribution in [0, 0.1) is 15.9 Å². The molecule has 6 nitrogen and oxygen atoms in total. The molecule has 0 saturated carbocycles. The largest absolute Gasteiger partial charge is 0.435 e. The second-order valence-corrected chi connectivity index (χ2v) is 6.30. The van der Waals surface area contributed by atoms with Crippen LogP contribution >= 0.6 is 23.1 Å². The van der Waals surface area contributed by atoms with E-state index >= 15 is 0 Å².